The van der Waals surface area contributed by atoms with Crippen LogP contribution in [0.15, 0.2) is 6.20 Å². The van der Waals surface area contributed by atoms with Crippen LogP contribution in [0.3, 0.4) is 0 Å². The number of anilines is 1. The summed E-state index contributed by atoms with van der Waals surface area (Å²) in [4.78, 5) is 29.7. The first-order valence-corrected chi connectivity index (χ1v) is 9.89. The number of hydrogen-bond acceptors (Lipinski definition) is 5. The van der Waals surface area contributed by atoms with E-state index in [0.29, 0.717) is 17.5 Å². The number of nitrogens with zero attached hydrogens (tertiary/aromatic N) is 1. The predicted octanol–water partition coefficient (Wildman–Crippen LogP) is 4.04. The summed E-state index contributed by atoms with van der Waals surface area (Å²) < 4.78 is 5.21. The fourth-order valence-corrected chi connectivity index (χ4v) is 4.21. The molecule has 0 spiro atoms. The zero-order chi connectivity index (χ0) is 18.0. The monoisotopic (exact) mass is 365 g/mol. The van der Waals surface area contributed by atoms with Gasteiger partial charge in [0, 0.05) is 17.1 Å². The van der Waals surface area contributed by atoms with Gasteiger partial charge in [-0.25, -0.2) is 9.78 Å². The number of alkyl carbamates (subject to hydrolysis) is 1. The first-order chi connectivity index (χ1) is 11.8. The van der Waals surface area contributed by atoms with Crippen molar-refractivity contribution >= 4 is 28.5 Å². The minimum Gasteiger partial charge on any atom is -0.444 e. The molecular formula is C18H27N3O3S. The summed E-state index contributed by atoms with van der Waals surface area (Å²) >= 11 is 1.58. The van der Waals surface area contributed by atoms with Crippen LogP contribution >= 0.6 is 11.3 Å². The van der Waals surface area contributed by atoms with Crippen molar-refractivity contribution in [2.45, 2.75) is 76.9 Å². The zero-order valence-electron chi connectivity index (χ0n) is 15.1. The molecule has 1 aromatic heterocycles. The van der Waals surface area contributed by atoms with Crippen LogP contribution in [0.2, 0.25) is 0 Å². The molecule has 25 heavy (non-hydrogen) atoms. The maximum Gasteiger partial charge on any atom is 0.407 e. The van der Waals surface area contributed by atoms with E-state index in [-0.39, 0.29) is 17.9 Å². The predicted molar refractivity (Wildman–Crippen MR) is 97.8 cm³/mol. The van der Waals surface area contributed by atoms with E-state index >= 15 is 0 Å². The van der Waals surface area contributed by atoms with Crippen molar-refractivity contribution in [3.8, 4) is 0 Å². The number of amides is 2. The van der Waals surface area contributed by atoms with Gasteiger partial charge in [0.2, 0.25) is 5.91 Å². The molecule has 7 heteroatoms. The Labute approximate surface area is 152 Å². The molecule has 3 rings (SSSR count). The van der Waals surface area contributed by atoms with E-state index in [4.69, 9.17) is 4.74 Å². The third-order valence-electron chi connectivity index (χ3n) is 4.59. The summed E-state index contributed by atoms with van der Waals surface area (Å²) in [5.41, 5.74) is -0.535. The number of ether oxygens (including phenoxy) is 1. The maximum absolute atomic E-state index is 12.3. The molecule has 0 bridgehead atoms. The topological polar surface area (TPSA) is 80.3 Å². The lowest BCUT2D eigenvalue weighted by molar-refractivity contribution is -0.117. The van der Waals surface area contributed by atoms with Gasteiger partial charge < -0.3 is 15.4 Å². The van der Waals surface area contributed by atoms with E-state index < -0.39 is 11.7 Å². The highest BCUT2D eigenvalue weighted by molar-refractivity contribution is 7.15. The molecule has 2 atom stereocenters. The molecule has 6 nitrogen and oxygen atoms in total. The van der Waals surface area contributed by atoms with Gasteiger partial charge in [-0.3, -0.25) is 4.79 Å². The normalized spacial score (nSPS) is 23.8. The van der Waals surface area contributed by atoms with E-state index in [1.807, 2.05) is 27.0 Å². The molecule has 1 heterocycles. The number of carbonyl (C=O) groups is 2. The lowest BCUT2D eigenvalue weighted by Crippen LogP contribution is -2.35. The molecular weight excluding hydrogens is 338 g/mol. The molecule has 2 aliphatic carbocycles. The zero-order valence-corrected chi connectivity index (χ0v) is 15.9. The number of nitrogens with one attached hydrogen (secondary N) is 2. The van der Waals surface area contributed by atoms with Crippen LogP contribution in [0, 0.1) is 5.92 Å². The lowest BCUT2D eigenvalue weighted by Gasteiger charge is -2.19. The van der Waals surface area contributed by atoms with Gasteiger partial charge in [-0.2, -0.15) is 0 Å². The van der Waals surface area contributed by atoms with Gasteiger partial charge in [0.25, 0.3) is 0 Å². The van der Waals surface area contributed by atoms with Gasteiger partial charge >= 0.3 is 6.09 Å². The fourth-order valence-electron chi connectivity index (χ4n) is 3.22. The Hall–Kier alpha value is -1.63. The highest BCUT2D eigenvalue weighted by Gasteiger charge is 2.45. The van der Waals surface area contributed by atoms with Gasteiger partial charge in [-0.1, -0.05) is 19.3 Å². The maximum atomic E-state index is 12.3. The molecule has 2 fully saturated rings. The highest BCUT2D eigenvalue weighted by Crippen LogP contribution is 2.37. The van der Waals surface area contributed by atoms with Gasteiger partial charge in [0.1, 0.15) is 5.60 Å². The Morgan fingerprint density at radius 2 is 1.96 bits per heavy atom. The largest absolute Gasteiger partial charge is 0.444 e. The highest BCUT2D eigenvalue weighted by atomic mass is 32.1. The number of thiazole rings is 1. The van der Waals surface area contributed by atoms with Crippen molar-refractivity contribution in [3.63, 3.8) is 0 Å². The average Bonchev–Trinajstić information content (AvgIpc) is 3.13. The standard InChI is InChI=1S/C18H27N3O3S/c1-18(2,3)24-17(23)20-13-9-12(13)15(22)21-16-19-10-14(25-16)11-7-5-4-6-8-11/h10-13H,4-9H2,1-3H3,(H,20,23)(H,19,21,22). The molecule has 2 saturated carbocycles. The number of aromatic nitrogens is 1. The molecule has 0 aromatic carbocycles. The third-order valence-corrected chi connectivity index (χ3v) is 5.67. The van der Waals surface area contributed by atoms with Gasteiger partial charge in [-0.15, -0.1) is 11.3 Å². The van der Waals surface area contributed by atoms with E-state index in [2.05, 4.69) is 15.6 Å². The molecule has 2 unspecified atom stereocenters. The molecule has 1 aromatic rings. The Bertz CT molecular complexity index is 632. The van der Waals surface area contributed by atoms with E-state index in [1.165, 1.54) is 37.0 Å². The lowest BCUT2D eigenvalue weighted by atomic mass is 9.89. The van der Waals surface area contributed by atoms with E-state index in [9.17, 15) is 9.59 Å². The number of hydrogen-bond donors (Lipinski definition) is 2. The summed E-state index contributed by atoms with van der Waals surface area (Å²) in [5.74, 6) is 0.319. The molecule has 2 aliphatic rings. The smallest absolute Gasteiger partial charge is 0.407 e. The Morgan fingerprint density at radius 1 is 1.24 bits per heavy atom. The SMILES string of the molecule is CC(C)(C)OC(=O)NC1CC1C(=O)Nc1ncc(C2CCCCC2)s1. The fraction of sp³-hybridized carbons (Fsp3) is 0.722. The molecule has 0 saturated heterocycles. The first kappa shape index (κ1) is 18.2. The molecule has 138 valence electrons. The van der Waals surface area contributed by atoms with Crippen LogP contribution in [0.1, 0.15) is 70.1 Å². The van der Waals surface area contributed by atoms with Crippen LogP contribution in [0.25, 0.3) is 0 Å². The Kier molecular flexibility index (Phi) is 5.32. The van der Waals surface area contributed by atoms with E-state index in [0.717, 1.165) is 0 Å². The van der Waals surface area contributed by atoms with Crippen molar-refractivity contribution in [2.24, 2.45) is 5.92 Å². The van der Waals surface area contributed by atoms with Crippen LogP contribution in [-0.2, 0) is 9.53 Å². The minimum atomic E-state index is -0.535. The molecule has 2 amide bonds. The summed E-state index contributed by atoms with van der Waals surface area (Å²) in [6.45, 7) is 5.45. The molecule has 2 N–H and O–H groups in total. The van der Waals surface area contributed by atoms with Gasteiger partial charge in [0.05, 0.1) is 5.92 Å². The van der Waals surface area contributed by atoms with Crippen molar-refractivity contribution in [1.82, 2.24) is 10.3 Å². The minimum absolute atomic E-state index is 0.0781. The second-order valence-electron chi connectivity index (χ2n) is 7.99. The molecule has 0 radical (unpaired) electrons. The van der Waals surface area contributed by atoms with Gasteiger partial charge in [-0.05, 0) is 46.0 Å². The summed E-state index contributed by atoms with van der Waals surface area (Å²) in [6, 6.07) is -0.146. The first-order valence-electron chi connectivity index (χ1n) is 9.08. The van der Waals surface area contributed by atoms with Gasteiger partial charge in [0.15, 0.2) is 5.13 Å². The Morgan fingerprint density at radius 3 is 2.64 bits per heavy atom. The number of rotatable bonds is 4. The van der Waals surface area contributed by atoms with E-state index in [1.54, 1.807) is 11.3 Å². The second kappa shape index (κ2) is 7.32. The van der Waals surface area contributed by atoms with Crippen molar-refractivity contribution < 1.29 is 14.3 Å². The molecule has 0 aliphatic heterocycles. The van der Waals surface area contributed by atoms with Crippen LogP contribution < -0.4 is 10.6 Å². The summed E-state index contributed by atoms with van der Waals surface area (Å²) in [5, 5.41) is 6.30. The van der Waals surface area contributed by atoms with Crippen molar-refractivity contribution in [2.75, 3.05) is 5.32 Å². The van der Waals surface area contributed by atoms with Crippen molar-refractivity contribution in [3.05, 3.63) is 11.1 Å². The average molecular weight is 365 g/mol. The second-order valence-corrected chi connectivity index (χ2v) is 9.05. The quantitative estimate of drug-likeness (QED) is 0.844. The van der Waals surface area contributed by atoms with Crippen LogP contribution in [-0.4, -0.2) is 28.6 Å². The van der Waals surface area contributed by atoms with Crippen LogP contribution in [0.4, 0.5) is 9.93 Å². The summed E-state index contributed by atoms with van der Waals surface area (Å²) in [6.07, 6.45) is 8.41. The third kappa shape index (κ3) is 5.17. The summed E-state index contributed by atoms with van der Waals surface area (Å²) in [7, 11) is 0. The Balaban J connectivity index is 1.46. The van der Waals surface area contributed by atoms with Crippen LogP contribution in [0.5, 0.6) is 0 Å². The van der Waals surface area contributed by atoms with Crippen molar-refractivity contribution in [1.29, 1.82) is 0 Å². The number of carbonyl (C=O) groups excluding carboxylic acids is 2.